The number of nitrogens with one attached hydrogen (secondary N) is 2. The summed E-state index contributed by atoms with van der Waals surface area (Å²) in [6.07, 6.45) is 3.71. The highest BCUT2D eigenvalue weighted by molar-refractivity contribution is 6.02. The fraction of sp³-hybridized carbons (Fsp3) is 0.105. The Kier molecular flexibility index (Phi) is 5.31. The number of nitrogens with zero attached hydrogens (tertiary/aromatic N) is 2. The van der Waals surface area contributed by atoms with Crippen molar-refractivity contribution in [2.24, 2.45) is 0 Å². The van der Waals surface area contributed by atoms with Crippen molar-refractivity contribution in [1.29, 1.82) is 0 Å². The number of para-hydroxylation sites is 1. The lowest BCUT2D eigenvalue weighted by Crippen LogP contribution is -2.15. The molecule has 0 bridgehead atoms. The molecular weight excluding hydrogens is 319 g/mol. The normalized spacial score (nSPS) is 10.3. The summed E-state index contributed by atoms with van der Waals surface area (Å²) in [5, 5.41) is 5.63. The monoisotopic (exact) mass is 336 g/mol. The number of hydrogen-bond acceptors (Lipinski definition) is 4. The van der Waals surface area contributed by atoms with Crippen LogP contribution in [0.5, 0.6) is 0 Å². The molecule has 1 aromatic heterocycles. The Balaban J connectivity index is 1.54. The number of hydrogen-bond donors (Lipinski definition) is 2. The van der Waals surface area contributed by atoms with E-state index in [-0.39, 0.29) is 11.4 Å². The molecule has 3 aromatic rings. The van der Waals surface area contributed by atoms with Crippen molar-refractivity contribution in [3.63, 3.8) is 0 Å². The van der Waals surface area contributed by atoms with E-state index >= 15 is 0 Å². The molecule has 2 aromatic carbocycles. The van der Waals surface area contributed by atoms with Crippen molar-refractivity contribution in [2.75, 3.05) is 17.2 Å². The number of rotatable bonds is 6. The lowest BCUT2D eigenvalue weighted by atomic mass is 10.1. The lowest BCUT2D eigenvalue weighted by molar-refractivity contribution is 0.102. The van der Waals surface area contributed by atoms with E-state index in [4.69, 9.17) is 0 Å². The second-order valence-corrected chi connectivity index (χ2v) is 5.38. The van der Waals surface area contributed by atoms with Crippen LogP contribution in [0.25, 0.3) is 0 Å². The SMILES string of the molecule is O=C(Nc1ccccc1F)c1cnc(NCCc2ccccc2)cn1. The highest BCUT2D eigenvalue weighted by atomic mass is 19.1. The minimum absolute atomic E-state index is 0.111. The second kappa shape index (κ2) is 8.01. The quantitative estimate of drug-likeness (QED) is 0.723. The van der Waals surface area contributed by atoms with Gasteiger partial charge in [0.2, 0.25) is 0 Å². The molecule has 0 saturated carbocycles. The molecule has 1 amide bonds. The minimum atomic E-state index is -0.506. The second-order valence-electron chi connectivity index (χ2n) is 5.38. The predicted molar refractivity (Wildman–Crippen MR) is 95.0 cm³/mol. The molecule has 126 valence electrons. The van der Waals surface area contributed by atoms with Gasteiger partial charge in [0.15, 0.2) is 0 Å². The van der Waals surface area contributed by atoms with E-state index in [9.17, 15) is 9.18 Å². The lowest BCUT2D eigenvalue weighted by Gasteiger charge is -2.07. The van der Waals surface area contributed by atoms with E-state index in [1.807, 2.05) is 18.2 Å². The first kappa shape index (κ1) is 16.6. The standard InChI is InChI=1S/C19H17FN4O/c20-15-8-4-5-9-16(15)24-19(25)17-12-23-18(13-22-17)21-11-10-14-6-2-1-3-7-14/h1-9,12-13H,10-11H2,(H,21,23)(H,24,25). The van der Waals surface area contributed by atoms with Crippen LogP contribution in [-0.2, 0) is 6.42 Å². The maximum atomic E-state index is 13.5. The maximum Gasteiger partial charge on any atom is 0.275 e. The van der Waals surface area contributed by atoms with Crippen LogP contribution in [-0.4, -0.2) is 22.4 Å². The molecular formula is C19H17FN4O. The number of benzene rings is 2. The molecule has 0 spiro atoms. The smallest absolute Gasteiger partial charge is 0.275 e. The van der Waals surface area contributed by atoms with Crippen molar-refractivity contribution in [1.82, 2.24) is 9.97 Å². The molecule has 0 fully saturated rings. The first-order valence-corrected chi connectivity index (χ1v) is 7.88. The zero-order chi connectivity index (χ0) is 17.5. The van der Waals surface area contributed by atoms with Crippen LogP contribution in [0, 0.1) is 5.82 Å². The van der Waals surface area contributed by atoms with Crippen LogP contribution >= 0.6 is 0 Å². The van der Waals surface area contributed by atoms with E-state index in [1.54, 1.807) is 12.1 Å². The Labute approximate surface area is 145 Å². The molecule has 1 heterocycles. The highest BCUT2D eigenvalue weighted by Crippen LogP contribution is 2.13. The van der Waals surface area contributed by atoms with Crippen molar-refractivity contribution in [3.8, 4) is 0 Å². The van der Waals surface area contributed by atoms with Gasteiger partial charge in [0.05, 0.1) is 18.1 Å². The van der Waals surface area contributed by atoms with Crippen LogP contribution in [0.15, 0.2) is 67.0 Å². The van der Waals surface area contributed by atoms with Gasteiger partial charge < -0.3 is 10.6 Å². The van der Waals surface area contributed by atoms with Crippen molar-refractivity contribution >= 4 is 17.4 Å². The van der Waals surface area contributed by atoms with Gasteiger partial charge in [-0.3, -0.25) is 4.79 Å². The van der Waals surface area contributed by atoms with E-state index in [0.29, 0.717) is 12.4 Å². The molecule has 0 radical (unpaired) electrons. The first-order valence-electron chi connectivity index (χ1n) is 7.88. The van der Waals surface area contributed by atoms with E-state index in [0.717, 1.165) is 6.42 Å². The van der Waals surface area contributed by atoms with Gasteiger partial charge in [-0.1, -0.05) is 42.5 Å². The number of aromatic nitrogens is 2. The molecule has 0 atom stereocenters. The minimum Gasteiger partial charge on any atom is -0.368 e. The molecule has 3 rings (SSSR count). The third kappa shape index (κ3) is 4.60. The summed E-state index contributed by atoms with van der Waals surface area (Å²) in [4.78, 5) is 20.3. The van der Waals surface area contributed by atoms with Gasteiger partial charge in [-0.15, -0.1) is 0 Å². The predicted octanol–water partition coefficient (Wildman–Crippen LogP) is 3.52. The van der Waals surface area contributed by atoms with Gasteiger partial charge in [-0.25, -0.2) is 14.4 Å². The average Bonchev–Trinajstić information content (AvgIpc) is 2.65. The fourth-order valence-electron chi connectivity index (χ4n) is 2.27. The van der Waals surface area contributed by atoms with Crippen LogP contribution < -0.4 is 10.6 Å². The average molecular weight is 336 g/mol. The van der Waals surface area contributed by atoms with E-state index in [2.05, 4.69) is 32.7 Å². The van der Waals surface area contributed by atoms with Gasteiger partial charge in [-0.2, -0.15) is 0 Å². The Bertz CT molecular complexity index is 838. The molecule has 0 aliphatic rings. The Hall–Kier alpha value is -3.28. The molecule has 5 nitrogen and oxygen atoms in total. The van der Waals surface area contributed by atoms with E-state index in [1.165, 1.54) is 30.1 Å². The summed E-state index contributed by atoms with van der Waals surface area (Å²) in [5.74, 6) is -0.421. The van der Waals surface area contributed by atoms with Crippen LogP contribution in [0.4, 0.5) is 15.9 Å². The molecule has 0 aliphatic heterocycles. The number of carbonyl (C=O) groups excluding carboxylic acids is 1. The van der Waals surface area contributed by atoms with Crippen LogP contribution in [0.3, 0.4) is 0 Å². The molecule has 6 heteroatoms. The Morgan fingerprint density at radius 2 is 1.72 bits per heavy atom. The first-order chi connectivity index (χ1) is 12.2. The molecule has 0 saturated heterocycles. The molecule has 25 heavy (non-hydrogen) atoms. The summed E-state index contributed by atoms with van der Waals surface area (Å²) < 4.78 is 13.5. The van der Waals surface area contributed by atoms with Gasteiger partial charge in [0.25, 0.3) is 5.91 Å². The molecule has 0 aliphatic carbocycles. The maximum absolute atomic E-state index is 13.5. The number of amides is 1. The van der Waals surface area contributed by atoms with Crippen molar-refractivity contribution in [3.05, 3.63) is 84.1 Å². The Morgan fingerprint density at radius 1 is 0.960 bits per heavy atom. The van der Waals surface area contributed by atoms with Gasteiger partial charge >= 0.3 is 0 Å². The molecule has 0 unspecified atom stereocenters. The zero-order valence-electron chi connectivity index (χ0n) is 13.4. The third-order valence-electron chi connectivity index (χ3n) is 3.57. The van der Waals surface area contributed by atoms with Crippen molar-refractivity contribution in [2.45, 2.75) is 6.42 Å². The van der Waals surface area contributed by atoms with Gasteiger partial charge in [0, 0.05) is 6.54 Å². The number of anilines is 2. The largest absolute Gasteiger partial charge is 0.368 e. The summed E-state index contributed by atoms with van der Waals surface area (Å²) in [6, 6.07) is 16.1. The number of carbonyl (C=O) groups is 1. The summed E-state index contributed by atoms with van der Waals surface area (Å²) >= 11 is 0. The van der Waals surface area contributed by atoms with Crippen molar-refractivity contribution < 1.29 is 9.18 Å². The third-order valence-corrected chi connectivity index (χ3v) is 3.57. The molecule has 2 N–H and O–H groups in total. The van der Waals surface area contributed by atoms with Crippen LogP contribution in [0.2, 0.25) is 0 Å². The number of halogens is 1. The zero-order valence-corrected chi connectivity index (χ0v) is 13.4. The van der Waals surface area contributed by atoms with Crippen LogP contribution in [0.1, 0.15) is 16.1 Å². The van der Waals surface area contributed by atoms with Gasteiger partial charge in [0.1, 0.15) is 17.3 Å². The van der Waals surface area contributed by atoms with Gasteiger partial charge in [-0.05, 0) is 24.1 Å². The Morgan fingerprint density at radius 3 is 2.44 bits per heavy atom. The topological polar surface area (TPSA) is 66.9 Å². The van der Waals surface area contributed by atoms with E-state index < -0.39 is 11.7 Å². The fourth-order valence-corrected chi connectivity index (χ4v) is 2.27. The highest BCUT2D eigenvalue weighted by Gasteiger charge is 2.10. The summed E-state index contributed by atoms with van der Waals surface area (Å²) in [7, 11) is 0. The summed E-state index contributed by atoms with van der Waals surface area (Å²) in [5.41, 5.74) is 1.46. The summed E-state index contributed by atoms with van der Waals surface area (Å²) in [6.45, 7) is 0.708.